The molecule has 0 spiro atoms. The van der Waals surface area contributed by atoms with Crippen LogP contribution in [0.1, 0.15) is 12.0 Å². The molecular weight excluding hydrogens is 352 g/mol. The van der Waals surface area contributed by atoms with E-state index in [1.54, 1.807) is 0 Å². The first-order valence-corrected chi connectivity index (χ1v) is 8.95. The molecule has 144 valence electrons. The Kier molecular flexibility index (Phi) is 6.36. The molecule has 3 N–H and O–H groups in total. The van der Waals surface area contributed by atoms with Gasteiger partial charge in [0.15, 0.2) is 0 Å². The third-order valence-electron chi connectivity index (χ3n) is 4.82. The van der Waals surface area contributed by atoms with Crippen LogP contribution in [0, 0.1) is 17.6 Å². The van der Waals surface area contributed by atoms with Crippen molar-refractivity contribution in [2.45, 2.75) is 19.0 Å². The molecule has 2 amide bonds. The summed E-state index contributed by atoms with van der Waals surface area (Å²) < 4.78 is 26.7. The predicted molar refractivity (Wildman–Crippen MR) is 99.2 cm³/mol. The van der Waals surface area contributed by atoms with Crippen LogP contribution in [0.2, 0.25) is 0 Å². The predicted octanol–water partition coefficient (Wildman–Crippen LogP) is 2.97. The van der Waals surface area contributed by atoms with Crippen LogP contribution in [0.25, 0.3) is 0 Å². The Hall–Kier alpha value is -2.51. The van der Waals surface area contributed by atoms with E-state index in [4.69, 9.17) is 0 Å². The number of hydrogen-bond acceptors (Lipinski definition) is 3. The number of nitrogens with zero attached hydrogens (tertiary/aromatic N) is 1. The number of carbonyl (C=O) groups excluding carboxylic acids is 1. The summed E-state index contributed by atoms with van der Waals surface area (Å²) in [5.74, 6) is -1.61. The number of amides is 2. The van der Waals surface area contributed by atoms with E-state index in [9.17, 15) is 18.7 Å². The van der Waals surface area contributed by atoms with Gasteiger partial charge in [-0.3, -0.25) is 4.90 Å². The van der Waals surface area contributed by atoms with E-state index >= 15 is 0 Å². The van der Waals surface area contributed by atoms with Gasteiger partial charge in [-0.2, -0.15) is 0 Å². The van der Waals surface area contributed by atoms with E-state index in [1.165, 1.54) is 11.6 Å². The fourth-order valence-corrected chi connectivity index (χ4v) is 3.35. The Balaban J connectivity index is 1.60. The van der Waals surface area contributed by atoms with E-state index in [1.807, 2.05) is 30.3 Å². The molecule has 1 saturated heterocycles. The van der Waals surface area contributed by atoms with Gasteiger partial charge in [0.05, 0.1) is 5.69 Å². The molecule has 2 atom stereocenters. The second-order valence-corrected chi connectivity index (χ2v) is 6.78. The van der Waals surface area contributed by atoms with Crippen molar-refractivity contribution in [1.82, 2.24) is 10.2 Å². The number of rotatable bonds is 5. The average molecular weight is 375 g/mol. The minimum Gasteiger partial charge on any atom is -0.396 e. The average Bonchev–Trinajstić information content (AvgIpc) is 2.65. The minimum atomic E-state index is -0.835. The number of nitrogens with one attached hydrogen (secondary N) is 2. The maximum atomic E-state index is 13.7. The molecule has 0 aliphatic carbocycles. The summed E-state index contributed by atoms with van der Waals surface area (Å²) in [4.78, 5) is 14.5. The topological polar surface area (TPSA) is 64.6 Å². The highest BCUT2D eigenvalue weighted by Gasteiger charge is 2.30. The molecule has 1 aliphatic heterocycles. The number of halogens is 2. The van der Waals surface area contributed by atoms with E-state index < -0.39 is 17.7 Å². The van der Waals surface area contributed by atoms with Crippen LogP contribution in [0.5, 0.6) is 0 Å². The molecule has 0 saturated carbocycles. The van der Waals surface area contributed by atoms with E-state index in [2.05, 4.69) is 15.5 Å². The van der Waals surface area contributed by atoms with Gasteiger partial charge in [-0.1, -0.05) is 30.3 Å². The van der Waals surface area contributed by atoms with Crippen LogP contribution in [0.15, 0.2) is 48.5 Å². The Bertz CT molecular complexity index is 773. The third-order valence-corrected chi connectivity index (χ3v) is 4.82. The zero-order valence-electron chi connectivity index (χ0n) is 14.9. The highest BCUT2D eigenvalue weighted by atomic mass is 19.1. The SMILES string of the molecule is O=C(Nc1ccc(F)cc1F)N[C@H]1CN(Cc2ccccc2)CC[C@H]1CO. The van der Waals surface area contributed by atoms with Gasteiger partial charge in [0.1, 0.15) is 11.6 Å². The Labute approximate surface area is 157 Å². The summed E-state index contributed by atoms with van der Waals surface area (Å²) >= 11 is 0. The first-order chi connectivity index (χ1) is 13.0. The Morgan fingerprint density at radius 1 is 1.19 bits per heavy atom. The molecular formula is C20H23F2N3O2. The van der Waals surface area contributed by atoms with Crippen LogP contribution in [-0.4, -0.2) is 41.8 Å². The fraction of sp³-hybridized carbons (Fsp3) is 0.350. The number of anilines is 1. The van der Waals surface area contributed by atoms with Crippen molar-refractivity contribution in [3.05, 3.63) is 65.7 Å². The first-order valence-electron chi connectivity index (χ1n) is 8.95. The van der Waals surface area contributed by atoms with Crippen molar-refractivity contribution < 1.29 is 18.7 Å². The first kappa shape index (κ1) is 19.3. The number of aliphatic hydroxyl groups is 1. The van der Waals surface area contributed by atoms with Gasteiger partial charge in [0.2, 0.25) is 0 Å². The second kappa shape index (κ2) is 8.92. The zero-order valence-corrected chi connectivity index (χ0v) is 14.9. The molecule has 1 aliphatic rings. The number of aliphatic hydroxyl groups excluding tert-OH is 1. The molecule has 0 unspecified atom stereocenters. The summed E-state index contributed by atoms with van der Waals surface area (Å²) in [5, 5.41) is 14.8. The van der Waals surface area contributed by atoms with Crippen molar-refractivity contribution in [2.75, 3.05) is 25.0 Å². The second-order valence-electron chi connectivity index (χ2n) is 6.78. The minimum absolute atomic E-state index is 0.0327. The highest BCUT2D eigenvalue weighted by molar-refractivity contribution is 5.89. The molecule has 1 heterocycles. The maximum Gasteiger partial charge on any atom is 0.319 e. The van der Waals surface area contributed by atoms with Crippen molar-refractivity contribution in [1.29, 1.82) is 0 Å². The van der Waals surface area contributed by atoms with Crippen molar-refractivity contribution in [2.24, 2.45) is 5.92 Å². The van der Waals surface area contributed by atoms with Gasteiger partial charge >= 0.3 is 6.03 Å². The lowest BCUT2D eigenvalue weighted by atomic mass is 9.92. The summed E-state index contributed by atoms with van der Waals surface area (Å²) in [6.07, 6.45) is 0.749. The Morgan fingerprint density at radius 3 is 2.67 bits per heavy atom. The molecule has 5 nitrogen and oxygen atoms in total. The van der Waals surface area contributed by atoms with Crippen LogP contribution in [0.4, 0.5) is 19.3 Å². The molecule has 2 aromatic carbocycles. The monoisotopic (exact) mass is 375 g/mol. The van der Waals surface area contributed by atoms with Crippen LogP contribution < -0.4 is 10.6 Å². The van der Waals surface area contributed by atoms with E-state index in [0.717, 1.165) is 25.6 Å². The number of benzene rings is 2. The smallest absolute Gasteiger partial charge is 0.319 e. The van der Waals surface area contributed by atoms with Gasteiger partial charge in [-0.05, 0) is 30.7 Å². The number of piperidine rings is 1. The molecule has 3 rings (SSSR count). The zero-order chi connectivity index (χ0) is 19.2. The standard InChI is InChI=1S/C20H23F2N3O2/c21-16-6-7-18(17(22)10-16)23-20(27)24-19-12-25(9-8-15(19)13-26)11-14-4-2-1-3-5-14/h1-7,10,15,19,26H,8-9,11-13H2,(H2,23,24,27)/t15-,19-/m0/s1. The van der Waals surface area contributed by atoms with Gasteiger partial charge in [-0.25, -0.2) is 13.6 Å². The molecule has 2 aromatic rings. The lowest BCUT2D eigenvalue weighted by Gasteiger charge is -2.38. The van der Waals surface area contributed by atoms with E-state index in [0.29, 0.717) is 12.6 Å². The van der Waals surface area contributed by atoms with Crippen molar-refractivity contribution in [3.63, 3.8) is 0 Å². The largest absolute Gasteiger partial charge is 0.396 e. The van der Waals surface area contributed by atoms with Gasteiger partial charge in [0.25, 0.3) is 0 Å². The summed E-state index contributed by atoms with van der Waals surface area (Å²) in [5.41, 5.74) is 1.09. The van der Waals surface area contributed by atoms with Crippen molar-refractivity contribution in [3.8, 4) is 0 Å². The third kappa shape index (κ3) is 5.24. The normalized spacial score (nSPS) is 20.3. The molecule has 0 aromatic heterocycles. The van der Waals surface area contributed by atoms with Gasteiger partial charge in [0, 0.05) is 37.7 Å². The quantitative estimate of drug-likeness (QED) is 0.753. The number of hydrogen-bond donors (Lipinski definition) is 3. The number of carbonyl (C=O) groups is 1. The fourth-order valence-electron chi connectivity index (χ4n) is 3.35. The molecule has 27 heavy (non-hydrogen) atoms. The summed E-state index contributed by atoms with van der Waals surface area (Å²) in [6.45, 7) is 2.13. The molecule has 7 heteroatoms. The molecule has 0 bridgehead atoms. The summed E-state index contributed by atoms with van der Waals surface area (Å²) in [7, 11) is 0. The van der Waals surface area contributed by atoms with Gasteiger partial charge < -0.3 is 15.7 Å². The lowest BCUT2D eigenvalue weighted by Crippen LogP contribution is -2.54. The summed E-state index contributed by atoms with van der Waals surface area (Å²) in [6, 6.07) is 12.1. The van der Waals surface area contributed by atoms with Crippen molar-refractivity contribution >= 4 is 11.7 Å². The Morgan fingerprint density at radius 2 is 1.96 bits per heavy atom. The lowest BCUT2D eigenvalue weighted by molar-refractivity contribution is 0.0958. The van der Waals surface area contributed by atoms with Crippen LogP contribution in [-0.2, 0) is 6.54 Å². The highest BCUT2D eigenvalue weighted by Crippen LogP contribution is 2.20. The maximum absolute atomic E-state index is 13.7. The molecule has 0 radical (unpaired) electrons. The van der Waals surface area contributed by atoms with Crippen LogP contribution in [0.3, 0.4) is 0 Å². The van der Waals surface area contributed by atoms with E-state index in [-0.39, 0.29) is 24.3 Å². The van der Waals surface area contributed by atoms with Crippen LogP contribution >= 0.6 is 0 Å². The number of urea groups is 1. The molecule has 1 fully saturated rings. The van der Waals surface area contributed by atoms with Gasteiger partial charge in [-0.15, -0.1) is 0 Å². The number of likely N-dealkylation sites (tertiary alicyclic amines) is 1.